The minimum absolute atomic E-state index is 0.0825. The summed E-state index contributed by atoms with van der Waals surface area (Å²) in [6.45, 7) is 12.0. The Hall–Kier alpha value is -0.910. The number of benzene rings is 1. The first kappa shape index (κ1) is 18.1. The normalized spacial score (nSPS) is 12.6. The zero-order valence-corrected chi connectivity index (χ0v) is 14.6. The van der Waals surface area contributed by atoms with Crippen molar-refractivity contribution in [1.29, 1.82) is 0 Å². The summed E-state index contributed by atoms with van der Waals surface area (Å²) >= 11 is 0. The molecule has 1 aromatic rings. The van der Waals surface area contributed by atoms with Crippen LogP contribution in [0.25, 0.3) is 0 Å². The first-order chi connectivity index (χ1) is 9.69. The standard InChI is InChI=1S/C16H28N2O2S/c1-6-14-9-8-13(11-17-7-2)10-15(14)21(19,20)18-12-16(3,4)5/h8-10,17-18H,6-7,11-12H2,1-5H3. The van der Waals surface area contributed by atoms with Crippen LogP contribution in [0.1, 0.15) is 45.7 Å². The highest BCUT2D eigenvalue weighted by Gasteiger charge is 2.21. The van der Waals surface area contributed by atoms with Crippen LogP contribution < -0.4 is 10.0 Å². The van der Waals surface area contributed by atoms with Gasteiger partial charge in [-0.3, -0.25) is 0 Å². The highest BCUT2D eigenvalue weighted by molar-refractivity contribution is 7.89. The molecule has 0 amide bonds. The van der Waals surface area contributed by atoms with Crippen molar-refractivity contribution < 1.29 is 8.42 Å². The topological polar surface area (TPSA) is 58.2 Å². The number of nitrogens with one attached hydrogen (secondary N) is 2. The maximum Gasteiger partial charge on any atom is 0.240 e. The van der Waals surface area contributed by atoms with Crippen molar-refractivity contribution in [3.05, 3.63) is 29.3 Å². The lowest BCUT2D eigenvalue weighted by Gasteiger charge is -2.20. The van der Waals surface area contributed by atoms with E-state index >= 15 is 0 Å². The molecule has 5 heteroatoms. The van der Waals surface area contributed by atoms with Gasteiger partial charge in [0.05, 0.1) is 4.90 Å². The van der Waals surface area contributed by atoms with Gasteiger partial charge in [0.25, 0.3) is 0 Å². The quantitative estimate of drug-likeness (QED) is 0.814. The lowest BCUT2D eigenvalue weighted by molar-refractivity contribution is 0.407. The van der Waals surface area contributed by atoms with Gasteiger partial charge in [0, 0.05) is 13.1 Å². The van der Waals surface area contributed by atoms with Crippen molar-refractivity contribution in [1.82, 2.24) is 10.0 Å². The third-order valence-corrected chi connectivity index (χ3v) is 4.66. The van der Waals surface area contributed by atoms with E-state index in [0.717, 1.165) is 17.7 Å². The predicted molar refractivity (Wildman–Crippen MR) is 87.8 cm³/mol. The molecule has 0 unspecified atom stereocenters. The van der Waals surface area contributed by atoms with E-state index in [2.05, 4.69) is 10.0 Å². The molecule has 0 aliphatic rings. The fraction of sp³-hybridized carbons (Fsp3) is 0.625. The number of hydrogen-bond donors (Lipinski definition) is 2. The molecule has 0 fully saturated rings. The van der Waals surface area contributed by atoms with Gasteiger partial charge in [0.15, 0.2) is 0 Å². The molecular weight excluding hydrogens is 284 g/mol. The van der Waals surface area contributed by atoms with Gasteiger partial charge in [-0.1, -0.05) is 46.8 Å². The molecule has 1 aromatic carbocycles. The second-order valence-electron chi connectivity index (χ2n) is 6.46. The van der Waals surface area contributed by atoms with Gasteiger partial charge >= 0.3 is 0 Å². The summed E-state index contributed by atoms with van der Waals surface area (Å²) in [4.78, 5) is 0.407. The molecule has 21 heavy (non-hydrogen) atoms. The number of rotatable bonds is 7. The van der Waals surface area contributed by atoms with E-state index in [4.69, 9.17) is 0 Å². The van der Waals surface area contributed by atoms with Gasteiger partial charge in [-0.25, -0.2) is 13.1 Å². The zero-order chi connectivity index (χ0) is 16.1. The molecule has 0 atom stereocenters. The van der Waals surface area contributed by atoms with Crippen molar-refractivity contribution in [2.75, 3.05) is 13.1 Å². The van der Waals surface area contributed by atoms with Gasteiger partial charge in [0.1, 0.15) is 0 Å². The highest BCUT2D eigenvalue weighted by atomic mass is 32.2. The van der Waals surface area contributed by atoms with Crippen LogP contribution in [0.15, 0.2) is 23.1 Å². The Labute approximate surface area is 129 Å². The number of sulfonamides is 1. The molecule has 0 spiro atoms. The molecule has 0 aliphatic heterocycles. The van der Waals surface area contributed by atoms with Crippen LogP contribution in [-0.4, -0.2) is 21.5 Å². The van der Waals surface area contributed by atoms with E-state index in [0.29, 0.717) is 24.4 Å². The van der Waals surface area contributed by atoms with Gasteiger partial charge in [0.2, 0.25) is 10.0 Å². The molecule has 0 bridgehead atoms. The Morgan fingerprint density at radius 3 is 2.33 bits per heavy atom. The highest BCUT2D eigenvalue weighted by Crippen LogP contribution is 2.20. The first-order valence-electron chi connectivity index (χ1n) is 7.52. The van der Waals surface area contributed by atoms with Crippen LogP contribution in [0.2, 0.25) is 0 Å². The summed E-state index contributed by atoms with van der Waals surface area (Å²) in [5.41, 5.74) is 1.77. The predicted octanol–water partition coefficient (Wildman–Crippen LogP) is 2.68. The molecule has 0 radical (unpaired) electrons. The van der Waals surface area contributed by atoms with Crippen LogP contribution in [0.4, 0.5) is 0 Å². The Balaban J connectivity index is 3.07. The average Bonchev–Trinajstić information content (AvgIpc) is 2.42. The van der Waals surface area contributed by atoms with Gasteiger partial charge in [-0.15, -0.1) is 0 Å². The van der Waals surface area contributed by atoms with Gasteiger partial charge in [-0.05, 0) is 35.6 Å². The van der Waals surface area contributed by atoms with Crippen molar-refractivity contribution in [2.24, 2.45) is 5.41 Å². The average molecular weight is 312 g/mol. The molecule has 0 heterocycles. The summed E-state index contributed by atoms with van der Waals surface area (Å²) < 4.78 is 27.8. The minimum Gasteiger partial charge on any atom is -0.313 e. The molecule has 4 nitrogen and oxygen atoms in total. The molecule has 0 saturated carbocycles. The molecule has 120 valence electrons. The summed E-state index contributed by atoms with van der Waals surface area (Å²) in [5.74, 6) is 0. The molecule has 1 rings (SSSR count). The maximum atomic E-state index is 12.6. The van der Waals surface area contributed by atoms with Crippen LogP contribution in [-0.2, 0) is 23.0 Å². The molecule has 2 N–H and O–H groups in total. The third kappa shape index (κ3) is 5.77. The van der Waals surface area contributed by atoms with Gasteiger partial charge < -0.3 is 5.32 Å². The first-order valence-corrected chi connectivity index (χ1v) is 9.00. The fourth-order valence-corrected chi connectivity index (χ4v) is 3.55. The molecule has 0 saturated heterocycles. The molecule has 0 aliphatic carbocycles. The van der Waals surface area contributed by atoms with Crippen molar-refractivity contribution in [3.63, 3.8) is 0 Å². The number of hydrogen-bond acceptors (Lipinski definition) is 3. The monoisotopic (exact) mass is 312 g/mol. The molecular formula is C16H28N2O2S. The van der Waals surface area contributed by atoms with Crippen LogP contribution in [0.5, 0.6) is 0 Å². The van der Waals surface area contributed by atoms with Crippen molar-refractivity contribution in [2.45, 2.75) is 52.5 Å². The second-order valence-corrected chi connectivity index (χ2v) is 8.20. The summed E-state index contributed by atoms with van der Waals surface area (Å²) in [6, 6.07) is 5.69. The SMILES string of the molecule is CCNCc1ccc(CC)c(S(=O)(=O)NCC(C)(C)C)c1. The van der Waals surface area contributed by atoms with E-state index in [1.54, 1.807) is 6.07 Å². The zero-order valence-electron chi connectivity index (χ0n) is 13.8. The lowest BCUT2D eigenvalue weighted by Crippen LogP contribution is -2.33. The second kappa shape index (κ2) is 7.38. The van der Waals surface area contributed by atoms with E-state index in [-0.39, 0.29) is 5.41 Å². The van der Waals surface area contributed by atoms with E-state index in [1.165, 1.54) is 0 Å². The van der Waals surface area contributed by atoms with Crippen molar-refractivity contribution in [3.8, 4) is 0 Å². The third-order valence-electron chi connectivity index (χ3n) is 3.17. The maximum absolute atomic E-state index is 12.6. The fourth-order valence-electron chi connectivity index (χ4n) is 1.91. The summed E-state index contributed by atoms with van der Waals surface area (Å²) in [5, 5.41) is 3.22. The lowest BCUT2D eigenvalue weighted by atomic mass is 9.98. The van der Waals surface area contributed by atoms with E-state index in [1.807, 2.05) is 46.8 Å². The Morgan fingerprint density at radius 1 is 1.14 bits per heavy atom. The summed E-state index contributed by atoms with van der Waals surface area (Å²) in [6.07, 6.45) is 0.702. The van der Waals surface area contributed by atoms with Crippen LogP contribution in [0.3, 0.4) is 0 Å². The van der Waals surface area contributed by atoms with Gasteiger partial charge in [-0.2, -0.15) is 0 Å². The van der Waals surface area contributed by atoms with Crippen molar-refractivity contribution >= 4 is 10.0 Å². The Bertz CT molecular complexity index is 560. The summed E-state index contributed by atoms with van der Waals surface area (Å²) in [7, 11) is -3.46. The Kier molecular flexibility index (Phi) is 6.38. The largest absolute Gasteiger partial charge is 0.313 e. The Morgan fingerprint density at radius 2 is 1.81 bits per heavy atom. The minimum atomic E-state index is -3.46. The molecule has 0 aromatic heterocycles. The van der Waals surface area contributed by atoms with Crippen LogP contribution >= 0.6 is 0 Å². The van der Waals surface area contributed by atoms with Crippen LogP contribution in [0, 0.1) is 5.41 Å². The van der Waals surface area contributed by atoms with E-state index in [9.17, 15) is 8.42 Å². The smallest absolute Gasteiger partial charge is 0.240 e. The van der Waals surface area contributed by atoms with E-state index < -0.39 is 10.0 Å². The number of aryl methyl sites for hydroxylation is 1.